The van der Waals surface area contributed by atoms with Crippen LogP contribution in [0.4, 0.5) is 0 Å². The average Bonchev–Trinajstić information content (AvgIpc) is 2.46. The van der Waals surface area contributed by atoms with Gasteiger partial charge in [-0.15, -0.1) is 0 Å². The second-order valence-electron chi connectivity index (χ2n) is 5.09. The van der Waals surface area contributed by atoms with E-state index >= 15 is 0 Å². The molecule has 1 amide bonds. The second kappa shape index (κ2) is 8.55. The van der Waals surface area contributed by atoms with Crippen molar-refractivity contribution >= 4 is 5.91 Å². The van der Waals surface area contributed by atoms with E-state index in [2.05, 4.69) is 31.2 Å². The highest BCUT2D eigenvalue weighted by molar-refractivity contribution is 5.96. The van der Waals surface area contributed by atoms with Gasteiger partial charge in [0.25, 0.3) is 5.91 Å². The number of ether oxygens (including phenoxy) is 1. The van der Waals surface area contributed by atoms with Gasteiger partial charge in [0.1, 0.15) is 12.4 Å². The highest BCUT2D eigenvalue weighted by Gasteiger charge is 2.11. The molecule has 0 spiro atoms. The predicted molar refractivity (Wildman–Crippen MR) is 80.5 cm³/mol. The monoisotopic (exact) mass is 279 g/mol. The molecule has 0 aromatic heterocycles. The number of carbonyl (C=O) groups excluding carboxylic acids is 1. The fourth-order valence-corrected chi connectivity index (χ4v) is 1.92. The zero-order chi connectivity index (χ0) is 15.0. The number of carbonyl (C=O) groups is 1. The van der Waals surface area contributed by atoms with E-state index in [0.717, 1.165) is 13.1 Å². The van der Waals surface area contributed by atoms with Crippen LogP contribution in [-0.2, 0) is 0 Å². The first-order valence-corrected chi connectivity index (χ1v) is 6.99. The number of para-hydroxylation sites is 1. The number of hydrogen-bond donors (Lipinski definition) is 2. The third-order valence-electron chi connectivity index (χ3n) is 3.31. The van der Waals surface area contributed by atoms with E-state index in [1.807, 2.05) is 6.07 Å². The molecule has 0 saturated heterocycles. The van der Waals surface area contributed by atoms with Gasteiger partial charge in [-0.2, -0.15) is 0 Å². The van der Waals surface area contributed by atoms with Crippen LogP contribution in [0.15, 0.2) is 24.3 Å². The van der Waals surface area contributed by atoms with Gasteiger partial charge in [0.2, 0.25) is 0 Å². The largest absolute Gasteiger partial charge is 0.491 e. The third-order valence-corrected chi connectivity index (χ3v) is 3.31. The van der Waals surface area contributed by atoms with E-state index in [1.54, 1.807) is 18.2 Å². The van der Waals surface area contributed by atoms with Gasteiger partial charge < -0.3 is 9.64 Å². The fourth-order valence-electron chi connectivity index (χ4n) is 1.92. The van der Waals surface area contributed by atoms with Crippen LogP contribution in [-0.4, -0.2) is 37.6 Å². The van der Waals surface area contributed by atoms with Crippen molar-refractivity contribution in [3.63, 3.8) is 0 Å². The van der Waals surface area contributed by atoms with Crippen molar-refractivity contribution in [1.29, 1.82) is 0 Å². The maximum atomic E-state index is 11.6. The van der Waals surface area contributed by atoms with Crippen LogP contribution in [0, 0.1) is 5.92 Å². The molecule has 1 aromatic carbocycles. The van der Waals surface area contributed by atoms with Crippen molar-refractivity contribution in [3.05, 3.63) is 29.8 Å². The zero-order valence-electron chi connectivity index (χ0n) is 12.6. The minimum absolute atomic E-state index is 0.339. The summed E-state index contributed by atoms with van der Waals surface area (Å²) < 4.78 is 5.69. The molecule has 5 nitrogen and oxygen atoms in total. The molecule has 20 heavy (non-hydrogen) atoms. The minimum atomic E-state index is -0.339. The minimum Gasteiger partial charge on any atom is -0.491 e. The Morgan fingerprint density at radius 1 is 1.45 bits per heavy atom. The number of rotatable bonds is 8. The van der Waals surface area contributed by atoms with Gasteiger partial charge in [0.05, 0.1) is 5.56 Å². The van der Waals surface area contributed by atoms with Gasteiger partial charge in [-0.05, 0) is 25.1 Å². The summed E-state index contributed by atoms with van der Waals surface area (Å²) in [6, 6.07) is 7.09. The number of hydrogen-bond acceptors (Lipinski definition) is 4. The first-order valence-electron chi connectivity index (χ1n) is 6.99. The quantitative estimate of drug-likeness (QED) is 0.431. The van der Waals surface area contributed by atoms with E-state index in [0.29, 0.717) is 23.8 Å². The lowest BCUT2D eigenvalue weighted by molar-refractivity contribution is 0.0949. The number of nitrogens with two attached hydrogens (primary N) is 1. The van der Waals surface area contributed by atoms with Crippen molar-refractivity contribution < 1.29 is 9.53 Å². The Morgan fingerprint density at radius 3 is 2.80 bits per heavy atom. The topological polar surface area (TPSA) is 67.6 Å². The second-order valence-corrected chi connectivity index (χ2v) is 5.09. The van der Waals surface area contributed by atoms with Crippen molar-refractivity contribution in [2.75, 3.05) is 26.7 Å². The van der Waals surface area contributed by atoms with Crippen LogP contribution in [0.2, 0.25) is 0 Å². The molecule has 1 atom stereocenters. The molecule has 0 saturated carbocycles. The first-order chi connectivity index (χ1) is 9.58. The molecule has 1 rings (SSSR count). The Kier molecular flexibility index (Phi) is 7.04. The van der Waals surface area contributed by atoms with E-state index in [1.165, 1.54) is 6.42 Å². The molecule has 0 aliphatic rings. The number of nitrogen functional groups attached to an aromatic ring is 1. The number of nitrogens with one attached hydrogen (secondary N) is 1. The van der Waals surface area contributed by atoms with Crippen molar-refractivity contribution in [2.45, 2.75) is 20.3 Å². The maximum Gasteiger partial charge on any atom is 0.268 e. The van der Waals surface area contributed by atoms with E-state index in [-0.39, 0.29) is 5.91 Å². The molecule has 112 valence electrons. The lowest BCUT2D eigenvalue weighted by atomic mass is 10.1. The van der Waals surface area contributed by atoms with E-state index in [4.69, 9.17) is 10.6 Å². The van der Waals surface area contributed by atoms with Crippen molar-refractivity contribution in [1.82, 2.24) is 10.3 Å². The highest BCUT2D eigenvalue weighted by atomic mass is 16.5. The van der Waals surface area contributed by atoms with Gasteiger partial charge in [-0.1, -0.05) is 32.4 Å². The Bertz CT molecular complexity index is 423. The molecule has 0 heterocycles. The summed E-state index contributed by atoms with van der Waals surface area (Å²) in [6.45, 7) is 6.84. The van der Waals surface area contributed by atoms with Crippen LogP contribution in [0.25, 0.3) is 0 Å². The van der Waals surface area contributed by atoms with Crippen molar-refractivity contribution in [2.24, 2.45) is 11.8 Å². The predicted octanol–water partition coefficient (Wildman–Crippen LogP) is 1.65. The molecule has 1 unspecified atom stereocenters. The SMILES string of the molecule is CCC(C)CN(C)CCOc1ccccc1C(=O)NN. The summed E-state index contributed by atoms with van der Waals surface area (Å²) in [5.74, 6) is 6.06. The van der Waals surface area contributed by atoms with Crippen LogP contribution in [0.5, 0.6) is 5.75 Å². The Labute approximate surface area is 121 Å². The van der Waals surface area contributed by atoms with Crippen LogP contribution in [0.3, 0.4) is 0 Å². The molecule has 0 radical (unpaired) electrons. The smallest absolute Gasteiger partial charge is 0.268 e. The zero-order valence-corrected chi connectivity index (χ0v) is 12.6. The Balaban J connectivity index is 2.48. The molecule has 0 aliphatic carbocycles. The molecule has 0 aliphatic heterocycles. The number of nitrogens with zero attached hydrogens (tertiary/aromatic N) is 1. The molecule has 0 bridgehead atoms. The number of amides is 1. The van der Waals surface area contributed by atoms with Crippen LogP contribution in [0.1, 0.15) is 30.6 Å². The van der Waals surface area contributed by atoms with Gasteiger partial charge in [-0.25, -0.2) is 5.84 Å². The lowest BCUT2D eigenvalue weighted by Gasteiger charge is -2.20. The lowest BCUT2D eigenvalue weighted by Crippen LogP contribution is -2.31. The van der Waals surface area contributed by atoms with Crippen LogP contribution >= 0.6 is 0 Å². The Hall–Kier alpha value is -1.59. The molecular weight excluding hydrogens is 254 g/mol. The summed E-state index contributed by atoms with van der Waals surface area (Å²) >= 11 is 0. The summed E-state index contributed by atoms with van der Waals surface area (Å²) in [5, 5.41) is 0. The van der Waals surface area contributed by atoms with Gasteiger partial charge in [0.15, 0.2) is 0 Å². The molecular formula is C15H25N3O2. The molecule has 5 heteroatoms. The van der Waals surface area contributed by atoms with Gasteiger partial charge >= 0.3 is 0 Å². The number of benzene rings is 1. The standard InChI is InChI=1S/C15H25N3O2/c1-4-12(2)11-18(3)9-10-20-14-8-6-5-7-13(14)15(19)17-16/h5-8,12H,4,9-11,16H2,1-3H3,(H,17,19). The van der Waals surface area contributed by atoms with Crippen LogP contribution < -0.4 is 16.0 Å². The van der Waals surface area contributed by atoms with E-state index in [9.17, 15) is 4.79 Å². The van der Waals surface area contributed by atoms with Crippen molar-refractivity contribution in [3.8, 4) is 5.75 Å². The molecule has 1 aromatic rings. The summed E-state index contributed by atoms with van der Waals surface area (Å²) in [6.07, 6.45) is 1.17. The normalized spacial score (nSPS) is 12.2. The van der Waals surface area contributed by atoms with E-state index < -0.39 is 0 Å². The summed E-state index contributed by atoms with van der Waals surface area (Å²) in [7, 11) is 2.08. The molecule has 0 fully saturated rings. The average molecular weight is 279 g/mol. The summed E-state index contributed by atoms with van der Waals surface area (Å²) in [5.41, 5.74) is 2.58. The fraction of sp³-hybridized carbons (Fsp3) is 0.533. The molecule has 3 N–H and O–H groups in total. The highest BCUT2D eigenvalue weighted by Crippen LogP contribution is 2.17. The maximum absolute atomic E-state index is 11.6. The van der Waals surface area contributed by atoms with Gasteiger partial charge in [-0.3, -0.25) is 10.2 Å². The summed E-state index contributed by atoms with van der Waals surface area (Å²) in [4.78, 5) is 13.8. The Morgan fingerprint density at radius 2 is 2.15 bits per heavy atom. The van der Waals surface area contributed by atoms with Gasteiger partial charge in [0, 0.05) is 13.1 Å². The first kappa shape index (κ1) is 16.5. The number of hydrazine groups is 1. The third kappa shape index (κ3) is 5.19. The number of likely N-dealkylation sites (N-methyl/N-ethyl adjacent to an activating group) is 1.